The third-order valence-corrected chi connectivity index (χ3v) is 2.51. The molecular weight excluding hydrogens is 160 g/mol. The van der Waals surface area contributed by atoms with Crippen molar-refractivity contribution < 1.29 is 0 Å². The lowest BCUT2D eigenvalue weighted by Gasteiger charge is -2.30. The quantitative estimate of drug-likeness (QED) is 0.712. The Kier molecular flexibility index (Phi) is 5.57. The van der Waals surface area contributed by atoms with E-state index in [1.165, 1.54) is 19.4 Å². The molecule has 1 atom stereocenters. The molecule has 0 saturated carbocycles. The molecule has 0 bridgehead atoms. The first-order valence-corrected chi connectivity index (χ1v) is 5.32. The molecule has 0 saturated heterocycles. The lowest BCUT2D eigenvalue weighted by Crippen LogP contribution is -2.44. The summed E-state index contributed by atoms with van der Waals surface area (Å²) in [6.45, 7) is 11.0. The van der Waals surface area contributed by atoms with E-state index in [9.17, 15) is 0 Å². The molecule has 0 aliphatic carbocycles. The van der Waals surface area contributed by atoms with Gasteiger partial charge in [-0.2, -0.15) is 0 Å². The molecule has 2 nitrogen and oxygen atoms in total. The molecule has 0 aliphatic rings. The van der Waals surface area contributed by atoms with Crippen molar-refractivity contribution >= 4 is 0 Å². The Balaban J connectivity index is 3.71. The van der Waals surface area contributed by atoms with Gasteiger partial charge in [-0.05, 0) is 25.4 Å². The van der Waals surface area contributed by atoms with Gasteiger partial charge in [0.2, 0.25) is 0 Å². The minimum atomic E-state index is 0.223. The van der Waals surface area contributed by atoms with Crippen LogP contribution in [0.4, 0.5) is 0 Å². The highest BCUT2D eigenvalue weighted by Crippen LogP contribution is 2.17. The maximum absolute atomic E-state index is 6.08. The van der Waals surface area contributed by atoms with Crippen molar-refractivity contribution in [3.05, 3.63) is 0 Å². The smallest absolute Gasteiger partial charge is 0.0217 e. The second-order valence-corrected chi connectivity index (χ2v) is 5.09. The Morgan fingerprint density at radius 2 is 1.85 bits per heavy atom. The van der Waals surface area contributed by atoms with Crippen LogP contribution in [0.3, 0.4) is 0 Å². The molecule has 80 valence electrons. The topological polar surface area (TPSA) is 29.3 Å². The van der Waals surface area contributed by atoms with Gasteiger partial charge >= 0.3 is 0 Å². The molecular formula is C11H26N2. The van der Waals surface area contributed by atoms with E-state index in [1.54, 1.807) is 0 Å². The molecule has 0 rings (SSSR count). The van der Waals surface area contributed by atoms with Gasteiger partial charge in [-0.25, -0.2) is 0 Å². The van der Waals surface area contributed by atoms with Gasteiger partial charge in [0.25, 0.3) is 0 Å². The molecule has 13 heavy (non-hydrogen) atoms. The van der Waals surface area contributed by atoms with Crippen LogP contribution in [0.25, 0.3) is 0 Å². The van der Waals surface area contributed by atoms with Crippen LogP contribution in [0.2, 0.25) is 0 Å². The number of hydrogen-bond donors (Lipinski definition) is 1. The first-order chi connectivity index (χ1) is 5.88. The third-order valence-electron chi connectivity index (χ3n) is 2.51. The SMILES string of the molecule is CCCCN(C)CC(N)C(C)(C)C. The van der Waals surface area contributed by atoms with Crippen LogP contribution in [-0.4, -0.2) is 31.1 Å². The lowest BCUT2D eigenvalue weighted by molar-refractivity contribution is 0.225. The summed E-state index contributed by atoms with van der Waals surface area (Å²) in [5, 5.41) is 0. The molecule has 0 heterocycles. The van der Waals surface area contributed by atoms with E-state index in [0.717, 1.165) is 6.54 Å². The van der Waals surface area contributed by atoms with E-state index < -0.39 is 0 Å². The zero-order valence-corrected chi connectivity index (χ0v) is 9.93. The summed E-state index contributed by atoms with van der Waals surface area (Å²) in [6, 6.07) is 0.273. The molecule has 2 heteroatoms. The second-order valence-electron chi connectivity index (χ2n) is 5.09. The fourth-order valence-electron chi connectivity index (χ4n) is 1.13. The maximum atomic E-state index is 6.08. The van der Waals surface area contributed by atoms with Crippen molar-refractivity contribution in [2.75, 3.05) is 20.1 Å². The van der Waals surface area contributed by atoms with Gasteiger partial charge in [0.05, 0.1) is 0 Å². The maximum Gasteiger partial charge on any atom is 0.0217 e. The van der Waals surface area contributed by atoms with Crippen LogP contribution < -0.4 is 5.73 Å². The molecule has 0 fully saturated rings. The monoisotopic (exact) mass is 186 g/mol. The molecule has 0 aromatic rings. The first kappa shape index (κ1) is 12.9. The van der Waals surface area contributed by atoms with Gasteiger partial charge in [0, 0.05) is 12.6 Å². The van der Waals surface area contributed by atoms with Crippen molar-refractivity contribution in [3.63, 3.8) is 0 Å². The highest BCUT2D eigenvalue weighted by atomic mass is 15.1. The van der Waals surface area contributed by atoms with Gasteiger partial charge < -0.3 is 10.6 Å². The Labute approximate surface area is 83.5 Å². The third kappa shape index (κ3) is 6.05. The Bertz CT molecular complexity index is 127. The molecule has 1 unspecified atom stereocenters. The molecule has 0 aliphatic heterocycles. The first-order valence-electron chi connectivity index (χ1n) is 5.32. The predicted molar refractivity (Wildman–Crippen MR) is 59.8 cm³/mol. The van der Waals surface area contributed by atoms with Crippen LogP contribution in [0.1, 0.15) is 40.5 Å². The highest BCUT2D eigenvalue weighted by molar-refractivity contribution is 4.79. The van der Waals surface area contributed by atoms with Crippen molar-refractivity contribution in [1.82, 2.24) is 4.90 Å². The zero-order valence-electron chi connectivity index (χ0n) is 9.93. The van der Waals surface area contributed by atoms with Gasteiger partial charge in [0.15, 0.2) is 0 Å². The van der Waals surface area contributed by atoms with Crippen LogP contribution in [0.5, 0.6) is 0 Å². The number of likely N-dealkylation sites (N-methyl/N-ethyl adjacent to an activating group) is 1. The number of nitrogens with two attached hydrogens (primary N) is 1. The Morgan fingerprint density at radius 3 is 2.23 bits per heavy atom. The van der Waals surface area contributed by atoms with E-state index in [0.29, 0.717) is 0 Å². The van der Waals surface area contributed by atoms with Crippen LogP contribution in [0.15, 0.2) is 0 Å². The Morgan fingerprint density at radius 1 is 1.31 bits per heavy atom. The Hall–Kier alpha value is -0.0800. The van der Waals surface area contributed by atoms with E-state index in [2.05, 4.69) is 39.6 Å². The molecule has 0 aromatic carbocycles. The van der Waals surface area contributed by atoms with Crippen molar-refractivity contribution in [3.8, 4) is 0 Å². The summed E-state index contributed by atoms with van der Waals surface area (Å²) in [4.78, 5) is 2.33. The highest BCUT2D eigenvalue weighted by Gasteiger charge is 2.21. The number of hydrogen-bond acceptors (Lipinski definition) is 2. The summed E-state index contributed by atoms with van der Waals surface area (Å²) in [7, 11) is 2.15. The standard InChI is InChI=1S/C11H26N2/c1-6-7-8-13(5)9-10(12)11(2,3)4/h10H,6-9,12H2,1-5H3. The summed E-state index contributed by atoms with van der Waals surface area (Å²) in [5.41, 5.74) is 6.30. The average Bonchev–Trinajstić information content (AvgIpc) is 1.99. The summed E-state index contributed by atoms with van der Waals surface area (Å²) in [5.74, 6) is 0. The summed E-state index contributed by atoms with van der Waals surface area (Å²) in [6.07, 6.45) is 2.53. The molecule has 0 aromatic heterocycles. The van der Waals surface area contributed by atoms with E-state index in [-0.39, 0.29) is 11.5 Å². The summed E-state index contributed by atoms with van der Waals surface area (Å²) < 4.78 is 0. The predicted octanol–water partition coefficient (Wildman–Crippen LogP) is 2.09. The van der Waals surface area contributed by atoms with Crippen molar-refractivity contribution in [1.29, 1.82) is 0 Å². The van der Waals surface area contributed by atoms with Crippen molar-refractivity contribution in [2.24, 2.45) is 11.1 Å². The normalized spacial score (nSPS) is 15.0. The van der Waals surface area contributed by atoms with E-state index in [1.807, 2.05) is 0 Å². The number of rotatable bonds is 5. The zero-order chi connectivity index (χ0) is 10.5. The minimum absolute atomic E-state index is 0.223. The number of unbranched alkanes of at least 4 members (excludes halogenated alkanes) is 1. The van der Waals surface area contributed by atoms with E-state index in [4.69, 9.17) is 5.73 Å². The van der Waals surface area contributed by atoms with Gasteiger partial charge in [-0.3, -0.25) is 0 Å². The molecule has 2 N–H and O–H groups in total. The van der Waals surface area contributed by atoms with Crippen molar-refractivity contribution in [2.45, 2.75) is 46.6 Å². The van der Waals surface area contributed by atoms with Crippen LogP contribution >= 0.6 is 0 Å². The minimum Gasteiger partial charge on any atom is -0.326 e. The summed E-state index contributed by atoms with van der Waals surface area (Å²) >= 11 is 0. The lowest BCUT2D eigenvalue weighted by atomic mass is 9.87. The molecule has 0 amide bonds. The van der Waals surface area contributed by atoms with Gasteiger partial charge in [-0.1, -0.05) is 34.1 Å². The van der Waals surface area contributed by atoms with Crippen LogP contribution in [-0.2, 0) is 0 Å². The average molecular weight is 186 g/mol. The van der Waals surface area contributed by atoms with Gasteiger partial charge in [0.1, 0.15) is 0 Å². The molecule has 0 spiro atoms. The number of nitrogens with zero attached hydrogens (tertiary/aromatic N) is 1. The van der Waals surface area contributed by atoms with Gasteiger partial charge in [-0.15, -0.1) is 0 Å². The van der Waals surface area contributed by atoms with Crippen LogP contribution in [0, 0.1) is 5.41 Å². The fraction of sp³-hybridized carbons (Fsp3) is 1.00. The molecule has 0 radical (unpaired) electrons. The second kappa shape index (κ2) is 5.61. The fourth-order valence-corrected chi connectivity index (χ4v) is 1.13. The van der Waals surface area contributed by atoms with E-state index >= 15 is 0 Å². The largest absolute Gasteiger partial charge is 0.326 e.